The van der Waals surface area contributed by atoms with Crippen LogP contribution in [-0.2, 0) is 0 Å². The zero-order valence-corrected chi connectivity index (χ0v) is 10.9. The lowest BCUT2D eigenvalue weighted by Gasteiger charge is -2.00. The lowest BCUT2D eigenvalue weighted by Crippen LogP contribution is -2.03. The molecule has 0 radical (unpaired) electrons. The Hall–Kier alpha value is -0.120. The van der Waals surface area contributed by atoms with E-state index in [1.165, 1.54) is 0 Å². The van der Waals surface area contributed by atoms with Crippen molar-refractivity contribution in [2.24, 2.45) is 0 Å². The molecule has 0 atom stereocenters. The second-order valence-electron chi connectivity index (χ2n) is 2.98. The van der Waals surface area contributed by atoms with E-state index < -0.39 is 0 Å². The Morgan fingerprint density at radius 1 is 1.27 bits per heavy atom. The number of carbonyl (C=O) groups excluding carboxylic acids is 1. The van der Waals surface area contributed by atoms with Crippen molar-refractivity contribution in [1.29, 1.82) is 0 Å². The topological polar surface area (TPSA) is 17.1 Å². The normalized spacial score (nSPS) is 10.3. The zero-order chi connectivity index (χ0) is 11.1. The second kappa shape index (κ2) is 7.20. The fourth-order valence-electron chi connectivity index (χ4n) is 1.03. The maximum Gasteiger partial charge on any atom is 0.172 e. The van der Waals surface area contributed by atoms with E-state index in [2.05, 4.69) is 6.26 Å². The molecule has 0 heterocycles. The number of Topliss-reactive ketones (excluding diaryl/α,β-unsaturated/α-hetero) is 1. The smallest absolute Gasteiger partial charge is 0.172 e. The fourth-order valence-corrected chi connectivity index (χ4v) is 2.79. The predicted octanol–water partition coefficient (Wildman–Crippen LogP) is 3.62. The number of rotatable bonds is 6. The van der Waals surface area contributed by atoms with Gasteiger partial charge in [0.2, 0.25) is 0 Å². The van der Waals surface area contributed by atoms with Crippen LogP contribution in [0.4, 0.5) is 0 Å². The van der Waals surface area contributed by atoms with E-state index in [0.29, 0.717) is 10.8 Å². The van der Waals surface area contributed by atoms with Crippen molar-refractivity contribution >= 4 is 40.9 Å². The summed E-state index contributed by atoms with van der Waals surface area (Å²) in [5.74, 6) is 2.86. The van der Waals surface area contributed by atoms with Gasteiger partial charge in [-0.1, -0.05) is 11.6 Å². The first-order valence-corrected chi connectivity index (χ1v) is 7.52. The van der Waals surface area contributed by atoms with Crippen LogP contribution in [0.25, 0.3) is 0 Å². The summed E-state index contributed by atoms with van der Waals surface area (Å²) in [4.78, 5) is 11.6. The van der Waals surface area contributed by atoms with Crippen molar-refractivity contribution in [3.05, 3.63) is 34.9 Å². The highest BCUT2D eigenvalue weighted by molar-refractivity contribution is 8.02. The largest absolute Gasteiger partial charge is 0.293 e. The Morgan fingerprint density at radius 3 is 2.53 bits per heavy atom. The highest BCUT2D eigenvalue weighted by atomic mass is 35.5. The molecule has 0 aliphatic carbocycles. The van der Waals surface area contributed by atoms with Crippen LogP contribution in [0.15, 0.2) is 24.3 Å². The van der Waals surface area contributed by atoms with Crippen molar-refractivity contribution in [2.45, 2.75) is 0 Å². The second-order valence-corrected chi connectivity index (χ2v) is 5.50. The highest BCUT2D eigenvalue weighted by Gasteiger charge is 2.04. The van der Waals surface area contributed by atoms with Crippen molar-refractivity contribution in [3.8, 4) is 0 Å². The van der Waals surface area contributed by atoms with E-state index in [-0.39, 0.29) is 5.78 Å². The Labute approximate surface area is 104 Å². The van der Waals surface area contributed by atoms with E-state index in [1.807, 2.05) is 0 Å². The molecule has 0 fully saturated rings. The van der Waals surface area contributed by atoms with Gasteiger partial charge in [-0.3, -0.25) is 4.79 Å². The Bertz CT molecular complexity index is 311. The zero-order valence-electron chi connectivity index (χ0n) is 8.53. The fraction of sp³-hybridized carbons (Fsp3) is 0.364. The van der Waals surface area contributed by atoms with Gasteiger partial charge in [-0.05, 0) is 30.5 Å². The first kappa shape index (κ1) is 12.9. The summed E-state index contributed by atoms with van der Waals surface area (Å²) in [7, 11) is 0. The molecule has 1 nitrogen and oxygen atoms in total. The summed E-state index contributed by atoms with van der Waals surface area (Å²) < 4.78 is 0. The Kier molecular flexibility index (Phi) is 6.22. The van der Waals surface area contributed by atoms with E-state index in [1.54, 1.807) is 47.8 Å². The molecule has 0 unspecified atom stereocenters. The number of carbonyl (C=O) groups is 1. The Morgan fingerprint density at radius 2 is 1.93 bits per heavy atom. The molecular weight excluding hydrogens is 248 g/mol. The summed E-state index contributed by atoms with van der Waals surface area (Å²) in [6.45, 7) is 0. The lowest BCUT2D eigenvalue weighted by molar-refractivity contribution is 0.102. The summed E-state index contributed by atoms with van der Waals surface area (Å²) >= 11 is 9.23. The van der Waals surface area contributed by atoms with Gasteiger partial charge in [-0.15, -0.1) is 0 Å². The number of thioether (sulfide) groups is 2. The monoisotopic (exact) mass is 260 g/mol. The molecule has 0 spiro atoms. The molecule has 0 saturated carbocycles. The molecular formula is C11H13ClOS2. The maximum absolute atomic E-state index is 11.6. The van der Waals surface area contributed by atoms with Gasteiger partial charge in [-0.25, -0.2) is 0 Å². The van der Waals surface area contributed by atoms with Crippen LogP contribution in [0, 0.1) is 0 Å². The number of ketones is 1. The van der Waals surface area contributed by atoms with Crippen LogP contribution in [0.1, 0.15) is 10.4 Å². The van der Waals surface area contributed by atoms with Gasteiger partial charge in [0, 0.05) is 22.1 Å². The third-order valence-electron chi connectivity index (χ3n) is 1.83. The summed E-state index contributed by atoms with van der Waals surface area (Å²) in [6.07, 6.45) is 2.07. The number of benzene rings is 1. The first-order chi connectivity index (χ1) is 7.24. The molecule has 4 heteroatoms. The quantitative estimate of drug-likeness (QED) is 0.575. The molecule has 0 saturated heterocycles. The molecule has 1 aromatic rings. The van der Waals surface area contributed by atoms with Gasteiger partial charge in [0.05, 0.1) is 5.75 Å². The molecule has 1 aromatic carbocycles. The molecule has 0 aromatic heterocycles. The minimum atomic E-state index is 0.178. The van der Waals surface area contributed by atoms with Crippen molar-refractivity contribution in [3.63, 3.8) is 0 Å². The highest BCUT2D eigenvalue weighted by Crippen LogP contribution is 2.12. The van der Waals surface area contributed by atoms with Gasteiger partial charge in [0.25, 0.3) is 0 Å². The average Bonchev–Trinajstić information content (AvgIpc) is 2.25. The van der Waals surface area contributed by atoms with Crippen molar-refractivity contribution < 1.29 is 4.79 Å². The lowest BCUT2D eigenvalue weighted by atomic mass is 10.1. The predicted molar refractivity (Wildman–Crippen MR) is 71.5 cm³/mol. The molecule has 82 valence electrons. The molecule has 15 heavy (non-hydrogen) atoms. The SMILES string of the molecule is CSCCSCC(=O)c1ccc(Cl)cc1. The molecule has 0 amide bonds. The van der Waals surface area contributed by atoms with Gasteiger partial charge in [0.15, 0.2) is 5.78 Å². The van der Waals surface area contributed by atoms with Crippen LogP contribution in [-0.4, -0.2) is 29.3 Å². The van der Waals surface area contributed by atoms with E-state index >= 15 is 0 Å². The molecule has 0 aliphatic rings. The summed E-state index contributed by atoms with van der Waals surface area (Å²) in [5.41, 5.74) is 0.746. The van der Waals surface area contributed by atoms with Gasteiger partial charge in [-0.2, -0.15) is 23.5 Å². The molecule has 0 aliphatic heterocycles. The van der Waals surface area contributed by atoms with Gasteiger partial charge < -0.3 is 0 Å². The summed E-state index contributed by atoms with van der Waals surface area (Å²) in [5, 5.41) is 0.668. The van der Waals surface area contributed by atoms with Crippen LogP contribution >= 0.6 is 35.1 Å². The molecule has 1 rings (SSSR count). The number of halogens is 1. The number of hydrogen-bond donors (Lipinski definition) is 0. The van der Waals surface area contributed by atoms with Gasteiger partial charge >= 0.3 is 0 Å². The maximum atomic E-state index is 11.6. The average molecular weight is 261 g/mol. The minimum Gasteiger partial charge on any atom is -0.293 e. The van der Waals surface area contributed by atoms with Crippen LogP contribution in [0.3, 0.4) is 0 Å². The van der Waals surface area contributed by atoms with Gasteiger partial charge in [0.1, 0.15) is 0 Å². The van der Waals surface area contributed by atoms with Crippen LogP contribution < -0.4 is 0 Å². The van der Waals surface area contributed by atoms with E-state index in [0.717, 1.165) is 17.1 Å². The van der Waals surface area contributed by atoms with Crippen molar-refractivity contribution in [1.82, 2.24) is 0 Å². The van der Waals surface area contributed by atoms with Crippen molar-refractivity contribution in [2.75, 3.05) is 23.5 Å². The molecule has 0 N–H and O–H groups in total. The number of hydrogen-bond acceptors (Lipinski definition) is 3. The van der Waals surface area contributed by atoms with Crippen LogP contribution in [0.5, 0.6) is 0 Å². The molecule has 0 bridgehead atoms. The van der Waals surface area contributed by atoms with Crippen LogP contribution in [0.2, 0.25) is 5.02 Å². The minimum absolute atomic E-state index is 0.178. The van der Waals surface area contributed by atoms with E-state index in [9.17, 15) is 4.79 Å². The Balaban J connectivity index is 2.37. The van der Waals surface area contributed by atoms with E-state index in [4.69, 9.17) is 11.6 Å². The summed E-state index contributed by atoms with van der Waals surface area (Å²) in [6, 6.07) is 7.06. The third-order valence-corrected chi connectivity index (χ3v) is 3.91. The standard InChI is InChI=1S/C11H13ClOS2/c1-14-6-7-15-8-11(13)9-2-4-10(12)5-3-9/h2-5H,6-8H2,1H3. The third kappa shape index (κ3) is 4.96. The first-order valence-electron chi connectivity index (χ1n) is 4.59.